The average molecular weight is 336 g/mol. The van der Waals surface area contributed by atoms with Gasteiger partial charge in [0.1, 0.15) is 17.4 Å². The van der Waals surface area contributed by atoms with Gasteiger partial charge in [-0.1, -0.05) is 23.7 Å². The number of halogens is 1. The van der Waals surface area contributed by atoms with Crippen molar-refractivity contribution in [2.75, 3.05) is 7.11 Å². The van der Waals surface area contributed by atoms with Crippen LogP contribution in [0.25, 0.3) is 0 Å². The van der Waals surface area contributed by atoms with Crippen molar-refractivity contribution in [3.8, 4) is 5.75 Å². The van der Waals surface area contributed by atoms with E-state index < -0.39 is 17.0 Å². The second-order valence-electron chi connectivity index (χ2n) is 4.74. The summed E-state index contributed by atoms with van der Waals surface area (Å²) in [5, 5.41) is 11.2. The second kappa shape index (κ2) is 7.11. The molecule has 0 N–H and O–H groups in total. The first-order valence-corrected chi connectivity index (χ1v) is 7.09. The minimum atomic E-state index is -0.661. The fraction of sp³-hybridized carbons (Fsp3) is 0.188. The second-order valence-corrected chi connectivity index (χ2v) is 5.18. The number of benzene rings is 2. The van der Waals surface area contributed by atoms with Gasteiger partial charge in [-0.15, -0.1) is 0 Å². The number of rotatable bonds is 5. The van der Waals surface area contributed by atoms with Crippen LogP contribution < -0.4 is 4.74 Å². The molecule has 1 atom stereocenters. The molecule has 6 nitrogen and oxygen atoms in total. The summed E-state index contributed by atoms with van der Waals surface area (Å²) in [5.41, 5.74) is 0.650. The van der Waals surface area contributed by atoms with Gasteiger partial charge in [0.15, 0.2) is 0 Å². The molecule has 0 aliphatic heterocycles. The van der Waals surface area contributed by atoms with Gasteiger partial charge >= 0.3 is 5.97 Å². The van der Waals surface area contributed by atoms with E-state index >= 15 is 0 Å². The Kier molecular flexibility index (Phi) is 5.18. The Morgan fingerprint density at radius 2 is 2.00 bits per heavy atom. The van der Waals surface area contributed by atoms with Crippen LogP contribution in [0, 0.1) is 10.1 Å². The highest BCUT2D eigenvalue weighted by molar-refractivity contribution is 6.31. The van der Waals surface area contributed by atoms with Crippen LogP contribution in [0.2, 0.25) is 5.02 Å². The maximum Gasteiger partial charge on any atom is 0.342 e. The van der Waals surface area contributed by atoms with Crippen molar-refractivity contribution >= 4 is 23.3 Å². The van der Waals surface area contributed by atoms with E-state index in [9.17, 15) is 14.9 Å². The number of non-ortho nitro benzene ring substituents is 1. The Morgan fingerprint density at radius 3 is 2.65 bits per heavy atom. The smallest absolute Gasteiger partial charge is 0.342 e. The van der Waals surface area contributed by atoms with Gasteiger partial charge in [0.05, 0.1) is 12.0 Å². The highest BCUT2D eigenvalue weighted by Crippen LogP contribution is 2.27. The summed E-state index contributed by atoms with van der Waals surface area (Å²) in [6.45, 7) is 1.63. The Balaban J connectivity index is 2.21. The Hall–Kier alpha value is -2.60. The number of ether oxygens (including phenoxy) is 2. The highest BCUT2D eigenvalue weighted by Gasteiger charge is 2.19. The third-order valence-electron chi connectivity index (χ3n) is 3.22. The minimum Gasteiger partial charge on any atom is -0.496 e. The molecule has 0 radical (unpaired) electrons. The summed E-state index contributed by atoms with van der Waals surface area (Å²) >= 11 is 5.89. The average Bonchev–Trinajstić information content (AvgIpc) is 2.54. The lowest BCUT2D eigenvalue weighted by atomic mass is 10.1. The van der Waals surface area contributed by atoms with E-state index in [1.54, 1.807) is 25.1 Å². The van der Waals surface area contributed by atoms with Gasteiger partial charge in [-0.25, -0.2) is 4.79 Å². The molecular formula is C16H14ClNO5. The lowest BCUT2D eigenvalue weighted by Crippen LogP contribution is -2.10. The third-order valence-corrected chi connectivity index (χ3v) is 3.45. The number of carbonyl (C=O) groups excluding carboxylic acids is 1. The van der Waals surface area contributed by atoms with Gasteiger partial charge in [-0.05, 0) is 30.7 Å². The fourth-order valence-corrected chi connectivity index (χ4v) is 2.20. The predicted molar refractivity (Wildman–Crippen MR) is 84.9 cm³/mol. The van der Waals surface area contributed by atoms with Crippen molar-refractivity contribution in [2.24, 2.45) is 0 Å². The van der Waals surface area contributed by atoms with Crippen LogP contribution >= 0.6 is 11.6 Å². The first kappa shape index (κ1) is 16.8. The molecule has 0 aromatic heterocycles. The van der Waals surface area contributed by atoms with Crippen molar-refractivity contribution in [3.63, 3.8) is 0 Å². The number of hydrogen-bond donors (Lipinski definition) is 0. The first-order chi connectivity index (χ1) is 10.9. The zero-order valence-corrected chi connectivity index (χ0v) is 13.2. The standard InChI is InChI=1S/C16H14ClNO5/c1-10(11-4-3-5-13(8-11)18(20)21)23-16(19)14-9-12(17)6-7-15(14)22-2/h3-10H,1-2H3/t10-/m0/s1. The van der Waals surface area contributed by atoms with Crippen LogP contribution in [0.4, 0.5) is 5.69 Å². The van der Waals surface area contributed by atoms with Crippen molar-refractivity contribution in [1.29, 1.82) is 0 Å². The van der Waals surface area contributed by atoms with Gasteiger partial charge in [0.2, 0.25) is 0 Å². The largest absolute Gasteiger partial charge is 0.496 e. The molecule has 0 saturated heterocycles. The number of methoxy groups -OCH3 is 1. The molecule has 0 unspecified atom stereocenters. The van der Waals surface area contributed by atoms with Gasteiger partial charge in [-0.2, -0.15) is 0 Å². The molecular weight excluding hydrogens is 322 g/mol. The maximum atomic E-state index is 12.3. The van der Waals surface area contributed by atoms with Crippen molar-refractivity contribution in [2.45, 2.75) is 13.0 Å². The summed E-state index contributed by atoms with van der Waals surface area (Å²) in [6.07, 6.45) is -0.661. The molecule has 23 heavy (non-hydrogen) atoms. The number of hydrogen-bond acceptors (Lipinski definition) is 5. The van der Waals surface area contributed by atoms with Crippen molar-refractivity contribution < 1.29 is 19.2 Å². The predicted octanol–water partition coefficient (Wildman–Crippen LogP) is 4.17. The molecule has 0 amide bonds. The number of carbonyl (C=O) groups is 1. The number of nitro benzene ring substituents is 1. The van der Waals surface area contributed by atoms with E-state index in [1.165, 1.54) is 31.4 Å². The molecule has 0 heterocycles. The molecule has 7 heteroatoms. The van der Waals surface area contributed by atoms with E-state index in [1.807, 2.05) is 0 Å². The molecule has 0 spiro atoms. The van der Waals surface area contributed by atoms with Crippen molar-refractivity contribution in [3.05, 3.63) is 68.7 Å². The van der Waals surface area contributed by atoms with E-state index in [0.717, 1.165) is 0 Å². The third kappa shape index (κ3) is 3.98. The molecule has 0 bridgehead atoms. The lowest BCUT2D eigenvalue weighted by molar-refractivity contribution is -0.385. The molecule has 2 aromatic rings. The molecule has 0 saturated carbocycles. The minimum absolute atomic E-state index is 0.0641. The molecule has 2 aromatic carbocycles. The summed E-state index contributed by atoms with van der Waals surface area (Å²) in [4.78, 5) is 22.6. The van der Waals surface area contributed by atoms with Crippen molar-refractivity contribution in [1.82, 2.24) is 0 Å². The topological polar surface area (TPSA) is 78.7 Å². The monoisotopic (exact) mass is 335 g/mol. The summed E-state index contributed by atoms with van der Waals surface area (Å²) in [5.74, 6) is -0.283. The number of nitrogens with zero attached hydrogens (tertiary/aromatic N) is 1. The van der Waals surface area contributed by atoms with Crippen LogP contribution in [0.15, 0.2) is 42.5 Å². The lowest BCUT2D eigenvalue weighted by Gasteiger charge is -2.15. The zero-order valence-electron chi connectivity index (χ0n) is 12.5. The molecule has 0 aliphatic carbocycles. The van der Waals surface area contributed by atoms with Crippen LogP contribution in [-0.4, -0.2) is 18.0 Å². The molecule has 2 rings (SSSR count). The molecule has 0 aliphatic rings. The highest BCUT2D eigenvalue weighted by atomic mass is 35.5. The van der Waals surface area contributed by atoms with Gasteiger partial charge in [0.25, 0.3) is 5.69 Å². The van der Waals surface area contributed by atoms with Crippen LogP contribution in [0.5, 0.6) is 5.75 Å². The van der Waals surface area contributed by atoms with Crippen LogP contribution in [-0.2, 0) is 4.74 Å². The summed E-state index contributed by atoms with van der Waals surface area (Å²) in [7, 11) is 1.43. The first-order valence-electron chi connectivity index (χ1n) is 6.71. The Morgan fingerprint density at radius 1 is 1.26 bits per heavy atom. The zero-order chi connectivity index (χ0) is 17.0. The van der Waals surface area contributed by atoms with E-state index in [4.69, 9.17) is 21.1 Å². The Labute approximate surface area is 137 Å². The quantitative estimate of drug-likeness (QED) is 0.465. The summed E-state index contributed by atoms with van der Waals surface area (Å²) < 4.78 is 10.5. The maximum absolute atomic E-state index is 12.3. The number of nitro groups is 1. The van der Waals surface area contributed by atoms with Crippen LogP contribution in [0.3, 0.4) is 0 Å². The van der Waals surface area contributed by atoms with Gasteiger partial charge in [0, 0.05) is 17.2 Å². The fourth-order valence-electron chi connectivity index (χ4n) is 2.02. The normalized spacial score (nSPS) is 11.6. The van der Waals surface area contributed by atoms with E-state index in [0.29, 0.717) is 16.3 Å². The Bertz CT molecular complexity index is 747. The van der Waals surface area contributed by atoms with E-state index in [-0.39, 0.29) is 11.3 Å². The number of esters is 1. The molecule has 120 valence electrons. The van der Waals surface area contributed by atoms with E-state index in [2.05, 4.69) is 0 Å². The SMILES string of the molecule is COc1ccc(Cl)cc1C(=O)O[C@@H](C)c1cccc([N+](=O)[O-])c1. The molecule has 0 fully saturated rings. The van der Waals surface area contributed by atoms with Gasteiger partial charge < -0.3 is 9.47 Å². The summed E-state index contributed by atoms with van der Waals surface area (Å²) in [6, 6.07) is 10.5. The van der Waals surface area contributed by atoms with Gasteiger partial charge in [-0.3, -0.25) is 10.1 Å². The van der Waals surface area contributed by atoms with Crippen LogP contribution in [0.1, 0.15) is 28.9 Å².